The predicted molar refractivity (Wildman–Crippen MR) is 50.4 cm³/mol. The van der Waals surface area contributed by atoms with Gasteiger partial charge in [0.1, 0.15) is 0 Å². The maximum Gasteiger partial charge on any atom is 0.308 e. The molecule has 0 spiro atoms. The number of carboxylic acid groups (broad SMARTS) is 1. The number of carbonyl (C=O) groups is 2. The fourth-order valence-corrected chi connectivity index (χ4v) is 1.60. The predicted octanol–water partition coefficient (Wildman–Crippen LogP) is 0.828. The number of hydrogen-bond acceptors (Lipinski definition) is 2. The smallest absolute Gasteiger partial charge is 0.308 e. The lowest BCUT2D eigenvalue weighted by molar-refractivity contribution is -0.141. The van der Waals surface area contributed by atoms with Crippen molar-refractivity contribution in [3.05, 3.63) is 11.1 Å². The van der Waals surface area contributed by atoms with Crippen molar-refractivity contribution in [2.45, 2.75) is 6.42 Å². The Morgan fingerprint density at radius 2 is 2.38 bits per heavy atom. The molecular formula is C8H10BrNO3. The molecular weight excluding hydrogens is 238 g/mol. The van der Waals surface area contributed by atoms with Gasteiger partial charge in [-0.1, -0.05) is 22.5 Å². The number of carbonyl (C=O) groups excluding carboxylic acids is 1. The normalized spacial score (nSPS) is 22.1. The van der Waals surface area contributed by atoms with Crippen molar-refractivity contribution in [2.24, 2.45) is 5.92 Å². The van der Waals surface area contributed by atoms with Crippen LogP contribution in [-0.2, 0) is 9.59 Å². The van der Waals surface area contributed by atoms with Crippen molar-refractivity contribution in [3.8, 4) is 0 Å². The van der Waals surface area contributed by atoms with Crippen LogP contribution in [0.4, 0.5) is 0 Å². The van der Waals surface area contributed by atoms with Crippen LogP contribution in [0, 0.1) is 5.92 Å². The number of carboxylic acids is 1. The minimum absolute atomic E-state index is 0.107. The van der Waals surface area contributed by atoms with Crippen LogP contribution >= 0.6 is 15.9 Å². The van der Waals surface area contributed by atoms with E-state index in [2.05, 4.69) is 22.5 Å². The second-order valence-corrected chi connectivity index (χ2v) is 4.15. The standard InChI is InChI=1S/C8H10BrNO3/c1-5(9)3-10-4-6(8(12)13)2-7(10)11/h6H,1-4H2,(H,12,13). The second-order valence-electron chi connectivity index (χ2n) is 3.03. The van der Waals surface area contributed by atoms with Gasteiger partial charge in [0, 0.05) is 17.4 Å². The monoisotopic (exact) mass is 247 g/mol. The maximum absolute atomic E-state index is 11.2. The SMILES string of the molecule is C=C(Br)CN1CC(C(=O)O)CC1=O. The van der Waals surface area contributed by atoms with E-state index in [0.29, 0.717) is 17.6 Å². The number of nitrogens with zero attached hydrogens (tertiary/aromatic N) is 1. The molecule has 0 aromatic carbocycles. The van der Waals surface area contributed by atoms with E-state index in [9.17, 15) is 9.59 Å². The van der Waals surface area contributed by atoms with Crippen molar-refractivity contribution in [2.75, 3.05) is 13.1 Å². The van der Waals surface area contributed by atoms with Crippen LogP contribution in [0.2, 0.25) is 0 Å². The van der Waals surface area contributed by atoms with Gasteiger partial charge in [0.25, 0.3) is 0 Å². The third kappa shape index (κ3) is 2.55. The highest BCUT2D eigenvalue weighted by atomic mass is 79.9. The average Bonchev–Trinajstić information content (AvgIpc) is 2.31. The van der Waals surface area contributed by atoms with Gasteiger partial charge in [0.2, 0.25) is 5.91 Å². The summed E-state index contributed by atoms with van der Waals surface area (Å²) in [5.41, 5.74) is 0. The summed E-state index contributed by atoms with van der Waals surface area (Å²) in [6.45, 7) is 4.28. The summed E-state index contributed by atoms with van der Waals surface area (Å²) in [5.74, 6) is -1.58. The molecule has 1 amide bonds. The van der Waals surface area contributed by atoms with Crippen LogP contribution in [0.5, 0.6) is 0 Å². The Labute approximate surface area is 84.3 Å². The molecule has 1 fully saturated rings. The molecule has 0 radical (unpaired) electrons. The van der Waals surface area contributed by atoms with E-state index < -0.39 is 11.9 Å². The van der Waals surface area contributed by atoms with Crippen molar-refractivity contribution >= 4 is 27.8 Å². The molecule has 1 unspecified atom stereocenters. The molecule has 72 valence electrons. The van der Waals surface area contributed by atoms with Gasteiger partial charge >= 0.3 is 5.97 Å². The van der Waals surface area contributed by atoms with E-state index in [0.717, 1.165) is 0 Å². The molecule has 1 rings (SSSR count). The number of hydrogen-bond donors (Lipinski definition) is 1. The van der Waals surface area contributed by atoms with Gasteiger partial charge in [-0.15, -0.1) is 0 Å². The van der Waals surface area contributed by atoms with Gasteiger partial charge in [-0.25, -0.2) is 0 Å². The van der Waals surface area contributed by atoms with Gasteiger partial charge in [-0.3, -0.25) is 9.59 Å². The molecule has 1 aliphatic heterocycles. The Kier molecular flexibility index (Phi) is 3.08. The summed E-state index contributed by atoms with van der Waals surface area (Å²) >= 11 is 3.13. The molecule has 0 aromatic rings. The second kappa shape index (κ2) is 3.91. The van der Waals surface area contributed by atoms with E-state index in [1.54, 1.807) is 0 Å². The summed E-state index contributed by atoms with van der Waals surface area (Å²) in [7, 11) is 0. The van der Waals surface area contributed by atoms with Crippen molar-refractivity contribution in [1.82, 2.24) is 4.90 Å². The Morgan fingerprint density at radius 1 is 1.77 bits per heavy atom. The van der Waals surface area contributed by atoms with Gasteiger partial charge < -0.3 is 10.0 Å². The van der Waals surface area contributed by atoms with Gasteiger partial charge in [0.05, 0.1) is 12.5 Å². The quantitative estimate of drug-likeness (QED) is 0.804. The summed E-state index contributed by atoms with van der Waals surface area (Å²) in [6, 6.07) is 0. The third-order valence-corrected chi connectivity index (χ3v) is 2.18. The first-order chi connectivity index (χ1) is 6.00. The molecule has 1 saturated heterocycles. The zero-order chi connectivity index (χ0) is 10.0. The molecule has 0 aromatic heterocycles. The maximum atomic E-state index is 11.2. The zero-order valence-electron chi connectivity index (χ0n) is 6.99. The van der Waals surface area contributed by atoms with Crippen LogP contribution in [0.25, 0.3) is 0 Å². The lowest BCUT2D eigenvalue weighted by Crippen LogP contribution is -2.27. The number of rotatable bonds is 3. The molecule has 1 aliphatic rings. The van der Waals surface area contributed by atoms with Gasteiger partial charge in [-0.2, -0.15) is 0 Å². The zero-order valence-corrected chi connectivity index (χ0v) is 8.58. The van der Waals surface area contributed by atoms with E-state index >= 15 is 0 Å². The molecule has 1 N–H and O–H groups in total. The van der Waals surface area contributed by atoms with E-state index in [-0.39, 0.29) is 12.3 Å². The van der Waals surface area contributed by atoms with Crippen LogP contribution < -0.4 is 0 Å². The van der Waals surface area contributed by atoms with Gasteiger partial charge in [-0.05, 0) is 0 Å². The Hall–Kier alpha value is -0.840. The van der Waals surface area contributed by atoms with Crippen molar-refractivity contribution < 1.29 is 14.7 Å². The van der Waals surface area contributed by atoms with Gasteiger partial charge in [0.15, 0.2) is 0 Å². The fourth-order valence-electron chi connectivity index (χ4n) is 1.30. The lowest BCUT2D eigenvalue weighted by atomic mass is 10.1. The number of aliphatic carboxylic acids is 1. The minimum atomic E-state index is -0.906. The Bertz CT molecular complexity index is 264. The van der Waals surface area contributed by atoms with Crippen molar-refractivity contribution in [1.29, 1.82) is 0 Å². The average molecular weight is 248 g/mol. The Morgan fingerprint density at radius 3 is 2.77 bits per heavy atom. The number of amides is 1. The molecule has 5 heteroatoms. The molecule has 1 heterocycles. The van der Waals surface area contributed by atoms with E-state index in [1.165, 1.54) is 4.90 Å². The van der Waals surface area contributed by atoms with Crippen LogP contribution in [0.15, 0.2) is 11.1 Å². The number of likely N-dealkylation sites (tertiary alicyclic amines) is 1. The van der Waals surface area contributed by atoms with Crippen LogP contribution in [0.1, 0.15) is 6.42 Å². The highest BCUT2D eigenvalue weighted by molar-refractivity contribution is 9.11. The van der Waals surface area contributed by atoms with Crippen LogP contribution in [0.3, 0.4) is 0 Å². The highest BCUT2D eigenvalue weighted by Gasteiger charge is 2.33. The van der Waals surface area contributed by atoms with Crippen LogP contribution in [-0.4, -0.2) is 35.0 Å². The molecule has 0 bridgehead atoms. The van der Waals surface area contributed by atoms with Crippen molar-refractivity contribution in [3.63, 3.8) is 0 Å². The first kappa shape index (κ1) is 10.2. The largest absolute Gasteiger partial charge is 0.481 e. The third-order valence-electron chi connectivity index (χ3n) is 1.93. The molecule has 1 atom stereocenters. The minimum Gasteiger partial charge on any atom is -0.481 e. The summed E-state index contributed by atoms with van der Waals surface area (Å²) in [5, 5.41) is 8.67. The van der Waals surface area contributed by atoms with E-state index in [4.69, 9.17) is 5.11 Å². The first-order valence-electron chi connectivity index (χ1n) is 3.84. The topological polar surface area (TPSA) is 57.6 Å². The first-order valence-corrected chi connectivity index (χ1v) is 4.64. The molecule has 0 aliphatic carbocycles. The summed E-state index contributed by atoms with van der Waals surface area (Å²) in [4.78, 5) is 23.3. The lowest BCUT2D eigenvalue weighted by Gasteiger charge is -2.14. The molecule has 0 saturated carbocycles. The fraction of sp³-hybridized carbons (Fsp3) is 0.500. The molecule has 4 nitrogen and oxygen atoms in total. The highest BCUT2D eigenvalue weighted by Crippen LogP contribution is 2.19. The summed E-state index contributed by atoms with van der Waals surface area (Å²) < 4.78 is 0.687. The molecule has 13 heavy (non-hydrogen) atoms. The summed E-state index contributed by atoms with van der Waals surface area (Å²) in [6.07, 6.45) is 0.107. The van der Waals surface area contributed by atoms with E-state index in [1.807, 2.05) is 0 Å². The number of halogens is 1. The Balaban J connectivity index is 2.56.